The van der Waals surface area contributed by atoms with Crippen LogP contribution in [-0.4, -0.2) is 62.7 Å². The number of nitrogens with zero attached hydrogens (tertiary/aromatic N) is 2. The summed E-state index contributed by atoms with van der Waals surface area (Å²) in [5, 5.41) is 12.1. The maximum Gasteiger partial charge on any atom is 0.414 e. The summed E-state index contributed by atoms with van der Waals surface area (Å²) in [5.41, 5.74) is 2.60. The first-order valence-electron chi connectivity index (χ1n) is 9.76. The van der Waals surface area contributed by atoms with Crippen molar-refractivity contribution < 1.29 is 28.3 Å². The molecule has 3 aliphatic rings. The van der Waals surface area contributed by atoms with Gasteiger partial charge in [0.25, 0.3) is 0 Å². The molecule has 1 aromatic rings. The number of hydroxylamine groups is 1. The second-order valence-corrected chi connectivity index (χ2v) is 6.99. The molecule has 3 N–H and O–H groups in total. The number of hydrogen-bond acceptors (Lipinski definition) is 7. The topological polar surface area (TPSA) is 86.3 Å². The number of carbonyl (C=O) groups is 1. The van der Waals surface area contributed by atoms with Crippen molar-refractivity contribution in [1.82, 2.24) is 10.8 Å². The van der Waals surface area contributed by atoms with E-state index in [1.807, 2.05) is 18.4 Å². The number of aliphatic hydroxyl groups is 1. The number of halogens is 2. The third-order valence-electron chi connectivity index (χ3n) is 4.72. The Morgan fingerprint density at radius 3 is 2.57 bits per heavy atom. The fourth-order valence-electron chi connectivity index (χ4n) is 3.20. The van der Waals surface area contributed by atoms with E-state index in [1.54, 1.807) is 4.90 Å². The van der Waals surface area contributed by atoms with E-state index < -0.39 is 23.8 Å². The number of dihydropyridines is 1. The molecule has 164 valence electrons. The summed E-state index contributed by atoms with van der Waals surface area (Å²) in [7, 11) is 0. The minimum atomic E-state index is -0.762. The number of allylic oxidation sites excluding steroid dienone is 2. The van der Waals surface area contributed by atoms with Gasteiger partial charge in [-0.05, 0) is 19.2 Å². The Kier molecular flexibility index (Phi) is 7.61. The molecule has 1 amide bonds. The van der Waals surface area contributed by atoms with Crippen molar-refractivity contribution in [3.63, 3.8) is 0 Å². The number of anilines is 2. The van der Waals surface area contributed by atoms with Gasteiger partial charge in [-0.15, -0.1) is 0 Å². The maximum absolute atomic E-state index is 14.4. The minimum absolute atomic E-state index is 0.0506. The highest BCUT2D eigenvalue weighted by Crippen LogP contribution is 2.31. The highest BCUT2D eigenvalue weighted by molar-refractivity contribution is 5.90. The fraction of sp³-hybridized carbons (Fsp3) is 0.450. The average molecular weight is 424 g/mol. The van der Waals surface area contributed by atoms with Crippen LogP contribution < -0.4 is 20.6 Å². The van der Waals surface area contributed by atoms with Crippen LogP contribution in [0.5, 0.6) is 0 Å². The van der Waals surface area contributed by atoms with E-state index in [4.69, 9.17) is 14.7 Å². The summed E-state index contributed by atoms with van der Waals surface area (Å²) in [6.07, 6.45) is 6.66. The van der Waals surface area contributed by atoms with Crippen LogP contribution in [0.3, 0.4) is 0 Å². The van der Waals surface area contributed by atoms with Gasteiger partial charge >= 0.3 is 6.09 Å². The van der Waals surface area contributed by atoms with Gasteiger partial charge in [0.2, 0.25) is 0 Å². The molecule has 0 aromatic heterocycles. The Balaban J connectivity index is 0.000000310. The minimum Gasteiger partial charge on any atom is -0.441 e. The van der Waals surface area contributed by atoms with E-state index in [0.29, 0.717) is 32.3 Å². The third kappa shape index (κ3) is 5.47. The SMILES string of the molecule is CC1C=CC=CN1.O=C1O[C@@H](CO)CN1c1cc(F)c(N2CCNOCC2)c(F)c1. The summed E-state index contributed by atoms with van der Waals surface area (Å²) in [6, 6.07) is 2.71. The van der Waals surface area contributed by atoms with Gasteiger partial charge in [-0.25, -0.2) is 19.1 Å². The van der Waals surface area contributed by atoms with Crippen molar-refractivity contribution in [2.75, 3.05) is 49.2 Å². The second-order valence-electron chi connectivity index (χ2n) is 6.99. The number of amides is 1. The maximum atomic E-state index is 14.4. The molecule has 0 radical (unpaired) electrons. The molecule has 3 aliphatic heterocycles. The normalized spacial score (nSPS) is 23.4. The molecule has 0 saturated carbocycles. The quantitative estimate of drug-likeness (QED) is 0.681. The van der Waals surface area contributed by atoms with Gasteiger partial charge < -0.3 is 20.1 Å². The Hall–Kier alpha value is -2.69. The predicted octanol–water partition coefficient (Wildman–Crippen LogP) is 1.67. The first kappa shape index (κ1) is 22.0. The van der Waals surface area contributed by atoms with Gasteiger partial charge in [-0.3, -0.25) is 9.74 Å². The van der Waals surface area contributed by atoms with Crippen LogP contribution in [-0.2, 0) is 9.57 Å². The molecule has 0 spiro atoms. The van der Waals surface area contributed by atoms with E-state index in [9.17, 15) is 13.6 Å². The predicted molar refractivity (Wildman–Crippen MR) is 108 cm³/mol. The second kappa shape index (κ2) is 10.4. The molecule has 8 nitrogen and oxygen atoms in total. The van der Waals surface area contributed by atoms with Gasteiger partial charge in [0.15, 0.2) is 11.6 Å². The summed E-state index contributed by atoms with van der Waals surface area (Å²) in [4.78, 5) is 19.4. The zero-order valence-corrected chi connectivity index (χ0v) is 16.7. The summed E-state index contributed by atoms with van der Waals surface area (Å²) in [6.45, 7) is 3.31. The molecule has 0 bridgehead atoms. The average Bonchev–Trinajstić information content (AvgIpc) is 2.92. The number of benzene rings is 1. The highest BCUT2D eigenvalue weighted by atomic mass is 19.1. The van der Waals surface area contributed by atoms with Crippen molar-refractivity contribution in [1.29, 1.82) is 0 Å². The molecule has 1 aromatic carbocycles. The van der Waals surface area contributed by atoms with Crippen molar-refractivity contribution in [3.05, 3.63) is 48.2 Å². The van der Waals surface area contributed by atoms with E-state index in [1.165, 1.54) is 0 Å². The number of ether oxygens (including phenoxy) is 1. The zero-order chi connectivity index (χ0) is 21.5. The number of nitrogens with one attached hydrogen (secondary N) is 2. The summed E-state index contributed by atoms with van der Waals surface area (Å²) in [5.74, 6) is -1.52. The van der Waals surface area contributed by atoms with Gasteiger partial charge in [0.1, 0.15) is 11.8 Å². The molecule has 30 heavy (non-hydrogen) atoms. The first-order chi connectivity index (χ1) is 14.5. The molecule has 10 heteroatoms. The molecule has 2 saturated heterocycles. The van der Waals surface area contributed by atoms with Gasteiger partial charge in [-0.2, -0.15) is 0 Å². The lowest BCUT2D eigenvalue weighted by molar-refractivity contribution is 0.0589. The molecular formula is C20H26F2N4O4. The molecule has 4 rings (SSSR count). The lowest BCUT2D eigenvalue weighted by atomic mass is 10.2. The van der Waals surface area contributed by atoms with Crippen LogP contribution in [0.25, 0.3) is 0 Å². The molecule has 2 fully saturated rings. The Bertz CT molecular complexity index is 774. The number of hydrogen-bond donors (Lipinski definition) is 3. The van der Waals surface area contributed by atoms with Crippen molar-refractivity contribution >= 4 is 17.5 Å². The Morgan fingerprint density at radius 1 is 1.23 bits per heavy atom. The third-order valence-corrected chi connectivity index (χ3v) is 4.72. The van der Waals surface area contributed by atoms with Crippen LogP contribution in [0, 0.1) is 11.6 Å². The molecule has 2 atom stereocenters. The lowest BCUT2D eigenvalue weighted by Gasteiger charge is -2.24. The number of rotatable bonds is 3. The smallest absolute Gasteiger partial charge is 0.414 e. The standard InChI is InChI=1S/C14H17F2N3O4.C6H9N/c15-11-5-9(19-7-10(8-20)23-14(19)21)6-12(16)13(11)18-2-1-17-22-4-3-18;1-6-4-2-3-5-7-6/h5-6,10,17,20H,1-4,7-8H2;2-7H,1H3/t10-;/m1./s1. The highest BCUT2D eigenvalue weighted by Gasteiger charge is 2.33. The largest absolute Gasteiger partial charge is 0.441 e. The number of aliphatic hydroxyl groups excluding tert-OH is 1. The molecular weight excluding hydrogens is 398 g/mol. The van der Waals surface area contributed by atoms with Crippen molar-refractivity contribution in [3.8, 4) is 0 Å². The van der Waals surface area contributed by atoms with Crippen LogP contribution in [0.2, 0.25) is 0 Å². The molecule has 1 unspecified atom stereocenters. The van der Waals surface area contributed by atoms with Gasteiger partial charge in [-0.1, -0.05) is 12.2 Å². The molecule has 0 aliphatic carbocycles. The van der Waals surface area contributed by atoms with E-state index in [2.05, 4.69) is 23.8 Å². The monoisotopic (exact) mass is 424 g/mol. The van der Waals surface area contributed by atoms with Crippen molar-refractivity contribution in [2.45, 2.75) is 19.1 Å². The van der Waals surface area contributed by atoms with E-state index >= 15 is 0 Å². The van der Waals surface area contributed by atoms with Gasteiger partial charge in [0, 0.05) is 37.8 Å². The number of cyclic esters (lactones) is 1. The zero-order valence-electron chi connectivity index (χ0n) is 16.7. The number of carbonyl (C=O) groups excluding carboxylic acids is 1. The first-order valence-corrected chi connectivity index (χ1v) is 9.76. The fourth-order valence-corrected chi connectivity index (χ4v) is 3.20. The summed E-state index contributed by atoms with van der Waals surface area (Å²) < 4.78 is 33.7. The van der Waals surface area contributed by atoms with E-state index in [0.717, 1.165) is 17.0 Å². The lowest BCUT2D eigenvalue weighted by Crippen LogP contribution is -2.31. The van der Waals surface area contributed by atoms with Crippen LogP contribution in [0.4, 0.5) is 25.0 Å². The van der Waals surface area contributed by atoms with Gasteiger partial charge in [0.05, 0.1) is 25.4 Å². The van der Waals surface area contributed by atoms with E-state index in [-0.39, 0.29) is 24.5 Å². The Labute approximate surface area is 173 Å². The van der Waals surface area contributed by atoms with Crippen molar-refractivity contribution in [2.24, 2.45) is 0 Å². The molecule has 3 heterocycles. The Morgan fingerprint density at radius 2 is 2.00 bits per heavy atom. The van der Waals surface area contributed by atoms with Crippen LogP contribution in [0.15, 0.2) is 36.6 Å². The van der Waals surface area contributed by atoms with Crippen LogP contribution >= 0.6 is 0 Å². The summed E-state index contributed by atoms with van der Waals surface area (Å²) >= 11 is 0. The van der Waals surface area contributed by atoms with Crippen LogP contribution in [0.1, 0.15) is 6.92 Å².